The standard InChI is InChI=1S/C30H46N2O9/c1-28(2,3)39-24(34)18-16-22(26(36)41-30(7,8)9)32(27(37)38-19-20-13-11-10-12-14-20)23(33)17-15-21(31)25(35)40-29(4,5)6/h10-14,21-22H,15-19,31H2,1-9H3/t21-,22-/m0/s1. The smallest absolute Gasteiger partial charge is 0.417 e. The summed E-state index contributed by atoms with van der Waals surface area (Å²) in [5, 5.41) is 0. The van der Waals surface area contributed by atoms with E-state index in [1.54, 1.807) is 92.6 Å². The van der Waals surface area contributed by atoms with Gasteiger partial charge in [0.25, 0.3) is 0 Å². The average Bonchev–Trinajstić information content (AvgIpc) is 2.80. The molecule has 0 fully saturated rings. The summed E-state index contributed by atoms with van der Waals surface area (Å²) in [7, 11) is 0. The van der Waals surface area contributed by atoms with Crippen LogP contribution in [0.15, 0.2) is 30.3 Å². The Balaban J connectivity index is 3.28. The van der Waals surface area contributed by atoms with Crippen LogP contribution in [0.2, 0.25) is 0 Å². The fraction of sp³-hybridized carbons (Fsp3) is 0.633. The van der Waals surface area contributed by atoms with E-state index in [1.165, 1.54) is 0 Å². The highest BCUT2D eigenvalue weighted by Gasteiger charge is 2.39. The number of carbonyl (C=O) groups excluding carboxylic acids is 5. The van der Waals surface area contributed by atoms with Crippen LogP contribution in [-0.2, 0) is 44.7 Å². The lowest BCUT2D eigenvalue weighted by Crippen LogP contribution is -2.51. The van der Waals surface area contributed by atoms with Gasteiger partial charge in [-0.1, -0.05) is 30.3 Å². The molecule has 11 heteroatoms. The van der Waals surface area contributed by atoms with Gasteiger partial charge >= 0.3 is 24.0 Å². The molecular weight excluding hydrogens is 532 g/mol. The van der Waals surface area contributed by atoms with Crippen molar-refractivity contribution in [3.8, 4) is 0 Å². The van der Waals surface area contributed by atoms with E-state index >= 15 is 0 Å². The Hall–Kier alpha value is -3.47. The maximum atomic E-state index is 13.5. The number of esters is 3. The summed E-state index contributed by atoms with van der Waals surface area (Å²) >= 11 is 0. The summed E-state index contributed by atoms with van der Waals surface area (Å²) in [5.74, 6) is -3.06. The topological polar surface area (TPSA) is 152 Å². The van der Waals surface area contributed by atoms with E-state index < -0.39 is 58.8 Å². The van der Waals surface area contributed by atoms with E-state index in [1.807, 2.05) is 0 Å². The number of rotatable bonds is 11. The molecule has 1 aromatic rings. The van der Waals surface area contributed by atoms with Crippen molar-refractivity contribution in [3.63, 3.8) is 0 Å². The normalized spacial score (nSPS) is 13.4. The number of ether oxygens (including phenoxy) is 4. The van der Waals surface area contributed by atoms with Gasteiger partial charge in [0.1, 0.15) is 35.5 Å². The molecule has 0 saturated carbocycles. The molecule has 230 valence electrons. The molecule has 0 aliphatic rings. The van der Waals surface area contributed by atoms with Crippen LogP contribution in [0.5, 0.6) is 0 Å². The zero-order valence-corrected chi connectivity index (χ0v) is 25.8. The molecule has 2 atom stereocenters. The van der Waals surface area contributed by atoms with Gasteiger partial charge < -0.3 is 24.7 Å². The van der Waals surface area contributed by atoms with Gasteiger partial charge in [0, 0.05) is 12.8 Å². The number of amides is 2. The number of nitrogens with zero attached hydrogens (tertiary/aromatic N) is 1. The van der Waals surface area contributed by atoms with Crippen molar-refractivity contribution in [2.24, 2.45) is 5.73 Å². The molecule has 0 heterocycles. The molecule has 11 nitrogen and oxygen atoms in total. The molecule has 0 aromatic heterocycles. The van der Waals surface area contributed by atoms with Crippen LogP contribution in [0.1, 0.15) is 93.6 Å². The van der Waals surface area contributed by atoms with Crippen molar-refractivity contribution in [1.82, 2.24) is 4.90 Å². The van der Waals surface area contributed by atoms with Gasteiger partial charge in [0.2, 0.25) is 5.91 Å². The summed E-state index contributed by atoms with van der Waals surface area (Å²) in [6.45, 7) is 14.9. The van der Waals surface area contributed by atoms with Crippen molar-refractivity contribution in [3.05, 3.63) is 35.9 Å². The zero-order chi connectivity index (χ0) is 31.6. The number of hydrogen-bond acceptors (Lipinski definition) is 10. The van der Waals surface area contributed by atoms with Crippen LogP contribution in [0.4, 0.5) is 4.79 Å². The van der Waals surface area contributed by atoms with E-state index in [2.05, 4.69) is 0 Å². The van der Waals surface area contributed by atoms with E-state index in [4.69, 9.17) is 24.7 Å². The number of carbonyl (C=O) groups is 5. The van der Waals surface area contributed by atoms with Gasteiger partial charge in [-0.05, 0) is 80.7 Å². The summed E-state index contributed by atoms with van der Waals surface area (Å²) in [6.07, 6.45) is -2.21. The zero-order valence-electron chi connectivity index (χ0n) is 25.8. The van der Waals surface area contributed by atoms with Gasteiger partial charge in [-0.3, -0.25) is 14.4 Å². The Morgan fingerprint density at radius 1 is 0.732 bits per heavy atom. The van der Waals surface area contributed by atoms with Crippen molar-refractivity contribution in [2.45, 2.75) is 123 Å². The first-order valence-corrected chi connectivity index (χ1v) is 13.6. The molecule has 0 bridgehead atoms. The number of imide groups is 1. The van der Waals surface area contributed by atoms with Gasteiger partial charge in [-0.25, -0.2) is 14.5 Å². The highest BCUT2D eigenvalue weighted by atomic mass is 16.6. The number of nitrogens with two attached hydrogens (primary N) is 1. The maximum absolute atomic E-state index is 13.5. The summed E-state index contributed by atoms with van der Waals surface area (Å²) in [5.41, 5.74) is 4.09. The fourth-order valence-corrected chi connectivity index (χ4v) is 3.46. The van der Waals surface area contributed by atoms with Crippen molar-refractivity contribution in [1.29, 1.82) is 0 Å². The average molecular weight is 579 g/mol. The third kappa shape index (κ3) is 14.6. The fourth-order valence-electron chi connectivity index (χ4n) is 3.46. The SMILES string of the molecule is CC(C)(C)OC(=O)CC[C@@H](C(=O)OC(C)(C)C)N(C(=O)CC[C@H](N)C(=O)OC(C)(C)C)C(=O)OCc1ccccc1. The Bertz CT molecular complexity index is 1050. The lowest BCUT2D eigenvalue weighted by atomic mass is 10.1. The molecular formula is C30H46N2O9. The van der Waals surface area contributed by atoms with Crippen LogP contribution < -0.4 is 5.73 Å². The Labute approximate surface area is 243 Å². The number of benzene rings is 1. The van der Waals surface area contributed by atoms with E-state index in [0.29, 0.717) is 10.5 Å². The monoisotopic (exact) mass is 578 g/mol. The van der Waals surface area contributed by atoms with Crippen LogP contribution in [0, 0.1) is 0 Å². The molecule has 41 heavy (non-hydrogen) atoms. The van der Waals surface area contributed by atoms with Crippen molar-refractivity contribution < 1.29 is 42.9 Å². The summed E-state index contributed by atoms with van der Waals surface area (Å²) < 4.78 is 21.5. The first-order chi connectivity index (χ1) is 18.7. The second-order valence-electron chi connectivity index (χ2n) is 12.7. The molecule has 2 amide bonds. The molecule has 0 spiro atoms. The Morgan fingerprint density at radius 3 is 1.76 bits per heavy atom. The van der Waals surface area contributed by atoms with Crippen molar-refractivity contribution in [2.75, 3.05) is 0 Å². The van der Waals surface area contributed by atoms with Gasteiger partial charge in [-0.2, -0.15) is 0 Å². The molecule has 1 rings (SSSR count). The predicted molar refractivity (Wildman–Crippen MR) is 151 cm³/mol. The quantitative estimate of drug-likeness (QED) is 0.295. The minimum atomic E-state index is -1.50. The highest BCUT2D eigenvalue weighted by Crippen LogP contribution is 2.20. The van der Waals surface area contributed by atoms with Gasteiger partial charge in [0.15, 0.2) is 0 Å². The lowest BCUT2D eigenvalue weighted by molar-refractivity contribution is -0.165. The first kappa shape index (κ1) is 35.6. The summed E-state index contributed by atoms with van der Waals surface area (Å²) in [4.78, 5) is 65.6. The molecule has 0 unspecified atom stereocenters. The maximum Gasteiger partial charge on any atom is 0.417 e. The van der Waals surface area contributed by atoms with Gasteiger partial charge in [-0.15, -0.1) is 0 Å². The second-order valence-corrected chi connectivity index (χ2v) is 12.7. The van der Waals surface area contributed by atoms with Crippen molar-refractivity contribution >= 4 is 29.9 Å². The molecule has 1 aromatic carbocycles. The molecule has 0 radical (unpaired) electrons. The van der Waals surface area contributed by atoms with Gasteiger partial charge in [0.05, 0.1) is 0 Å². The molecule has 0 aliphatic heterocycles. The minimum absolute atomic E-state index is 0.163. The number of hydrogen-bond donors (Lipinski definition) is 1. The third-order valence-electron chi connectivity index (χ3n) is 5.08. The van der Waals surface area contributed by atoms with Crippen LogP contribution >= 0.6 is 0 Å². The third-order valence-corrected chi connectivity index (χ3v) is 5.08. The molecule has 0 aliphatic carbocycles. The van der Waals surface area contributed by atoms with Crippen LogP contribution in [0.3, 0.4) is 0 Å². The lowest BCUT2D eigenvalue weighted by Gasteiger charge is -2.31. The first-order valence-electron chi connectivity index (χ1n) is 13.6. The molecule has 2 N–H and O–H groups in total. The highest BCUT2D eigenvalue weighted by molar-refractivity contribution is 5.97. The van der Waals surface area contributed by atoms with Crippen LogP contribution in [-0.4, -0.2) is 63.7 Å². The van der Waals surface area contributed by atoms with E-state index in [0.717, 1.165) is 0 Å². The molecule has 0 saturated heterocycles. The second kappa shape index (κ2) is 15.0. The minimum Gasteiger partial charge on any atom is -0.460 e. The predicted octanol–water partition coefficient (Wildman–Crippen LogP) is 4.43. The van der Waals surface area contributed by atoms with E-state index in [9.17, 15) is 24.0 Å². The Kier molecular flexibility index (Phi) is 13.0. The summed E-state index contributed by atoms with van der Waals surface area (Å²) in [6, 6.07) is 6.12. The van der Waals surface area contributed by atoms with Crippen LogP contribution in [0.25, 0.3) is 0 Å². The van der Waals surface area contributed by atoms with E-state index in [-0.39, 0.29) is 32.3 Å². The Morgan fingerprint density at radius 2 is 1.24 bits per heavy atom. The largest absolute Gasteiger partial charge is 0.460 e.